The van der Waals surface area contributed by atoms with E-state index in [1.54, 1.807) is 6.07 Å². The average molecular weight is 360 g/mol. The molecular weight excluding hydrogens is 346 g/mol. The summed E-state index contributed by atoms with van der Waals surface area (Å²) in [6.07, 6.45) is 0.562. The number of nitrogens with zero attached hydrogens (tertiary/aromatic N) is 1. The van der Waals surface area contributed by atoms with Crippen LogP contribution in [0.15, 0.2) is 22.7 Å². The Kier molecular flexibility index (Phi) is 4.79. The van der Waals surface area contributed by atoms with E-state index in [9.17, 15) is 14.9 Å². The van der Waals surface area contributed by atoms with Crippen LogP contribution in [0.5, 0.6) is 5.75 Å². The molecule has 21 heavy (non-hydrogen) atoms. The second-order valence-corrected chi connectivity index (χ2v) is 5.49. The van der Waals surface area contributed by atoms with Gasteiger partial charge in [-0.3, -0.25) is 10.1 Å². The highest BCUT2D eigenvalue weighted by molar-refractivity contribution is 9.10. The lowest BCUT2D eigenvalue weighted by atomic mass is 9.94. The van der Waals surface area contributed by atoms with E-state index in [2.05, 4.69) is 15.9 Å². The van der Waals surface area contributed by atoms with Crippen molar-refractivity contribution < 1.29 is 23.9 Å². The van der Waals surface area contributed by atoms with Gasteiger partial charge in [-0.25, -0.2) is 4.79 Å². The molecule has 0 unspecified atom stereocenters. The SMILES string of the molecule is COC(=O)C1(Oc2cc(Br)ccc2[N+](=O)[O-])CCOCC1. The van der Waals surface area contributed by atoms with Gasteiger partial charge in [0, 0.05) is 29.4 Å². The van der Waals surface area contributed by atoms with Crippen molar-refractivity contribution in [3.05, 3.63) is 32.8 Å². The maximum atomic E-state index is 12.1. The largest absolute Gasteiger partial charge is 0.468 e. The summed E-state index contributed by atoms with van der Waals surface area (Å²) in [5, 5.41) is 11.1. The van der Waals surface area contributed by atoms with Crippen molar-refractivity contribution in [2.24, 2.45) is 0 Å². The zero-order chi connectivity index (χ0) is 15.5. The zero-order valence-electron chi connectivity index (χ0n) is 11.3. The van der Waals surface area contributed by atoms with E-state index in [1.165, 1.54) is 19.2 Å². The van der Waals surface area contributed by atoms with E-state index < -0.39 is 16.5 Å². The van der Waals surface area contributed by atoms with E-state index in [0.29, 0.717) is 17.7 Å². The highest BCUT2D eigenvalue weighted by atomic mass is 79.9. The minimum absolute atomic E-state index is 0.0293. The molecule has 0 bridgehead atoms. The lowest BCUT2D eigenvalue weighted by Gasteiger charge is -2.34. The monoisotopic (exact) mass is 359 g/mol. The molecule has 0 aliphatic carbocycles. The number of nitro benzene ring substituents is 1. The minimum Gasteiger partial charge on any atom is -0.468 e. The molecule has 0 radical (unpaired) electrons. The highest BCUT2D eigenvalue weighted by Gasteiger charge is 2.45. The summed E-state index contributed by atoms with van der Waals surface area (Å²) in [4.78, 5) is 22.6. The van der Waals surface area contributed by atoms with Crippen LogP contribution in [0.4, 0.5) is 5.69 Å². The summed E-state index contributed by atoms with van der Waals surface area (Å²) in [5.74, 6) is -0.526. The molecule has 0 amide bonds. The van der Waals surface area contributed by atoms with Gasteiger partial charge in [-0.15, -0.1) is 0 Å². The van der Waals surface area contributed by atoms with Gasteiger partial charge in [0.2, 0.25) is 5.60 Å². The number of nitro groups is 1. The lowest BCUT2D eigenvalue weighted by molar-refractivity contribution is -0.386. The van der Waals surface area contributed by atoms with Crippen LogP contribution in [0.25, 0.3) is 0 Å². The third kappa shape index (κ3) is 3.33. The first kappa shape index (κ1) is 15.7. The molecule has 1 saturated heterocycles. The molecule has 1 aliphatic heterocycles. The van der Waals surface area contributed by atoms with Gasteiger partial charge >= 0.3 is 11.7 Å². The van der Waals surface area contributed by atoms with Gasteiger partial charge in [-0.2, -0.15) is 0 Å². The molecule has 1 fully saturated rings. The fourth-order valence-corrected chi connectivity index (χ4v) is 2.51. The van der Waals surface area contributed by atoms with E-state index in [1.807, 2.05) is 0 Å². The van der Waals surface area contributed by atoms with Crippen LogP contribution in [0, 0.1) is 10.1 Å². The highest BCUT2D eigenvalue weighted by Crippen LogP contribution is 2.36. The minimum atomic E-state index is -1.25. The molecular formula is C13H14BrNO6. The normalized spacial score (nSPS) is 17.0. The zero-order valence-corrected chi connectivity index (χ0v) is 12.9. The van der Waals surface area contributed by atoms with E-state index >= 15 is 0 Å². The fraction of sp³-hybridized carbons (Fsp3) is 0.462. The Bertz CT molecular complexity index is 556. The Hall–Kier alpha value is -1.67. The van der Waals surface area contributed by atoms with Gasteiger partial charge in [-0.05, 0) is 6.07 Å². The molecule has 0 aromatic heterocycles. The summed E-state index contributed by atoms with van der Waals surface area (Å²) in [6, 6.07) is 4.34. The number of halogens is 1. The summed E-state index contributed by atoms with van der Waals surface area (Å²) < 4.78 is 16.4. The molecule has 114 valence electrons. The molecule has 2 rings (SSSR count). The number of carbonyl (C=O) groups excluding carboxylic acids is 1. The molecule has 1 aliphatic rings. The summed E-state index contributed by atoms with van der Waals surface area (Å²) in [5.41, 5.74) is -1.45. The quantitative estimate of drug-likeness (QED) is 0.466. The molecule has 1 aromatic rings. The average Bonchev–Trinajstić information content (AvgIpc) is 2.47. The molecule has 0 N–H and O–H groups in total. The van der Waals surface area contributed by atoms with Crippen molar-refractivity contribution in [1.82, 2.24) is 0 Å². The van der Waals surface area contributed by atoms with Gasteiger partial charge in [0.1, 0.15) is 0 Å². The fourth-order valence-electron chi connectivity index (χ4n) is 2.17. The molecule has 8 heteroatoms. The maximum Gasteiger partial charge on any atom is 0.350 e. The van der Waals surface area contributed by atoms with Crippen LogP contribution < -0.4 is 4.74 Å². The van der Waals surface area contributed by atoms with Crippen molar-refractivity contribution in [3.8, 4) is 5.75 Å². The molecule has 7 nitrogen and oxygen atoms in total. The van der Waals surface area contributed by atoms with Crippen molar-refractivity contribution in [2.75, 3.05) is 20.3 Å². The lowest BCUT2D eigenvalue weighted by Crippen LogP contribution is -2.49. The van der Waals surface area contributed by atoms with Gasteiger partial charge in [0.25, 0.3) is 0 Å². The first-order valence-electron chi connectivity index (χ1n) is 6.27. The van der Waals surface area contributed by atoms with Crippen LogP contribution in [-0.4, -0.2) is 36.8 Å². The smallest absolute Gasteiger partial charge is 0.350 e. The van der Waals surface area contributed by atoms with Gasteiger partial charge < -0.3 is 14.2 Å². The van der Waals surface area contributed by atoms with Crippen LogP contribution >= 0.6 is 15.9 Å². The van der Waals surface area contributed by atoms with Gasteiger partial charge in [-0.1, -0.05) is 15.9 Å². The summed E-state index contributed by atoms with van der Waals surface area (Å²) >= 11 is 3.24. The maximum absolute atomic E-state index is 12.1. The first-order valence-corrected chi connectivity index (χ1v) is 7.07. The van der Waals surface area contributed by atoms with Crippen LogP contribution in [0.2, 0.25) is 0 Å². The van der Waals surface area contributed by atoms with Gasteiger partial charge in [0.05, 0.1) is 25.2 Å². The van der Waals surface area contributed by atoms with E-state index in [4.69, 9.17) is 14.2 Å². The number of hydrogen-bond donors (Lipinski definition) is 0. The molecule has 0 saturated carbocycles. The first-order chi connectivity index (χ1) is 9.98. The molecule has 1 aromatic carbocycles. The van der Waals surface area contributed by atoms with Gasteiger partial charge in [0.15, 0.2) is 5.75 Å². The van der Waals surface area contributed by atoms with Crippen molar-refractivity contribution in [3.63, 3.8) is 0 Å². The number of benzene rings is 1. The Morgan fingerprint density at radius 3 is 2.67 bits per heavy atom. The predicted octanol–water partition coefficient (Wildman–Crippen LogP) is 2.46. The van der Waals surface area contributed by atoms with E-state index in [0.717, 1.165) is 0 Å². The van der Waals surface area contributed by atoms with Crippen molar-refractivity contribution in [1.29, 1.82) is 0 Å². The second-order valence-electron chi connectivity index (χ2n) is 4.57. The second kappa shape index (κ2) is 6.40. The summed E-state index contributed by atoms with van der Waals surface area (Å²) in [6.45, 7) is 0.661. The predicted molar refractivity (Wildman–Crippen MR) is 76.2 cm³/mol. The number of rotatable bonds is 4. The van der Waals surface area contributed by atoms with Crippen LogP contribution in [0.3, 0.4) is 0 Å². The number of esters is 1. The molecule has 1 heterocycles. The number of methoxy groups -OCH3 is 1. The third-order valence-electron chi connectivity index (χ3n) is 3.28. The van der Waals surface area contributed by atoms with Crippen LogP contribution in [0.1, 0.15) is 12.8 Å². The number of hydrogen-bond acceptors (Lipinski definition) is 6. The van der Waals surface area contributed by atoms with Crippen molar-refractivity contribution >= 4 is 27.6 Å². The Morgan fingerprint density at radius 2 is 2.10 bits per heavy atom. The Labute approximate surface area is 129 Å². The standard InChI is InChI=1S/C13H14BrNO6/c1-19-12(16)13(4-6-20-7-5-13)21-11-8-9(14)2-3-10(11)15(17)18/h2-3,8H,4-7H2,1H3. The Balaban J connectivity index is 2.39. The molecule has 0 atom stereocenters. The van der Waals surface area contributed by atoms with Crippen molar-refractivity contribution in [2.45, 2.75) is 18.4 Å². The molecule has 0 spiro atoms. The summed E-state index contributed by atoms with van der Waals surface area (Å²) in [7, 11) is 1.26. The topological polar surface area (TPSA) is 87.9 Å². The number of carbonyl (C=O) groups is 1. The van der Waals surface area contributed by atoms with Crippen LogP contribution in [-0.2, 0) is 14.3 Å². The third-order valence-corrected chi connectivity index (χ3v) is 3.78. The van der Waals surface area contributed by atoms with E-state index in [-0.39, 0.29) is 24.3 Å². The Morgan fingerprint density at radius 1 is 1.43 bits per heavy atom. The number of ether oxygens (including phenoxy) is 3.